The number of aliphatic carboxylic acids is 1. The van der Waals surface area contributed by atoms with E-state index >= 15 is 28.8 Å². The van der Waals surface area contributed by atoms with Crippen molar-refractivity contribution in [3.05, 3.63) is 141 Å². The molecule has 0 unspecified atom stereocenters. The molecule has 1 heterocycles. The van der Waals surface area contributed by atoms with Crippen molar-refractivity contribution in [3.8, 4) is 0 Å². The number of carbonyl (C=O) groups excluding carboxylic acids is 17. The molecule has 12 atom stereocenters. The first-order valence-electron chi connectivity index (χ1n) is 48.9. The van der Waals surface area contributed by atoms with Gasteiger partial charge in [-0.05, 0) is 192 Å². The number of unbranched alkanes of at least 4 members (excludes halogenated alkanes) is 2. The minimum Gasteiger partial charge on any atom is -0.480 e. The third-order valence-corrected chi connectivity index (χ3v) is 25.1. The normalized spacial score (nSPS) is 16.9. The van der Waals surface area contributed by atoms with Gasteiger partial charge in [0.15, 0.2) is 0 Å². The number of carboxylic acid groups (broad SMARTS) is 1. The molecule has 0 spiro atoms. The highest BCUT2D eigenvalue weighted by molar-refractivity contribution is 6.31. The molecule has 0 radical (unpaired) electrons. The molecule has 42 heteroatoms. The highest BCUT2D eigenvalue weighted by Gasteiger charge is 2.43. The summed E-state index contributed by atoms with van der Waals surface area (Å²) < 4.78 is 40.5. The summed E-state index contributed by atoms with van der Waals surface area (Å²) in [6, 6.07) is 11.6. The summed E-state index contributed by atoms with van der Waals surface area (Å²) in [5.74, 6) is -17.5. The summed E-state index contributed by atoms with van der Waals surface area (Å²) in [4.78, 5) is 260. The number of ether oxygens (including phenoxy) is 7. The lowest BCUT2D eigenvalue weighted by Crippen LogP contribution is -2.62. The number of primary amides is 1. The maximum absolute atomic E-state index is 15.8. The maximum Gasteiger partial charge on any atom is 0.408 e. The average Bonchev–Trinajstić information content (AvgIpc) is 1.46. The Morgan fingerprint density at radius 2 is 0.775 bits per heavy atom. The Morgan fingerprint density at radius 1 is 0.401 bits per heavy atom. The van der Waals surface area contributed by atoms with Gasteiger partial charge in [0.25, 0.3) is 0 Å². The van der Waals surface area contributed by atoms with E-state index in [1.165, 1.54) is 27.7 Å². The number of nitrogens with zero attached hydrogens (tertiary/aromatic N) is 1. The summed E-state index contributed by atoms with van der Waals surface area (Å²) in [6.07, 6.45) is -1.15. The molecule has 1 aliphatic heterocycles. The fourth-order valence-corrected chi connectivity index (χ4v) is 17.0. The molecule has 14 amide bonds. The zero-order valence-corrected chi connectivity index (χ0v) is 83.1. The fourth-order valence-electron chi connectivity index (χ4n) is 16.6. The number of rotatable bonds is 53. The third-order valence-electron chi connectivity index (χ3n) is 24.4. The van der Waals surface area contributed by atoms with Gasteiger partial charge >= 0.3 is 42.2 Å². The second-order valence-corrected chi connectivity index (χ2v) is 38.3. The molecule has 15 N–H and O–H groups in total. The number of benzene rings is 4. The van der Waals surface area contributed by atoms with Crippen LogP contribution in [0.4, 0.5) is 14.4 Å². The van der Waals surface area contributed by atoms with E-state index in [1.807, 2.05) is 0 Å². The Bertz CT molecular complexity index is 4900. The molecule has 4 fully saturated rings. The molecule has 0 aromatic heterocycles. The van der Waals surface area contributed by atoms with Crippen molar-refractivity contribution in [2.45, 2.75) is 345 Å². The van der Waals surface area contributed by atoms with E-state index in [1.54, 1.807) is 130 Å². The molecular formula is C100H138Cl2N14O26. The molecule has 4 aliphatic rings. The van der Waals surface area contributed by atoms with Crippen molar-refractivity contribution in [2.24, 2.45) is 11.7 Å². The molecule has 4 aromatic rings. The van der Waals surface area contributed by atoms with Crippen LogP contribution in [0, 0.1) is 5.92 Å². The predicted molar refractivity (Wildman–Crippen MR) is 518 cm³/mol. The average molecular weight is 2020 g/mol. The molecule has 3 aliphatic carbocycles. The van der Waals surface area contributed by atoms with Crippen LogP contribution in [-0.4, -0.2) is 233 Å². The van der Waals surface area contributed by atoms with Gasteiger partial charge in [-0.2, -0.15) is 0 Å². The van der Waals surface area contributed by atoms with Gasteiger partial charge in [-0.3, -0.25) is 67.1 Å². The lowest BCUT2D eigenvalue weighted by Gasteiger charge is -2.30. The molecule has 3 saturated carbocycles. The smallest absolute Gasteiger partial charge is 0.408 e. The standard InChI is InChI=1S/C100H138Cl2N14O26/c1-60(2)84(93(128)106-61(3)95(130)116-51-31-48-79(116)96(131)132)114-92(127)75(53-80(103)117)109-90(125)77(55-82(119)140-68-40-19-11-20-41-68)111-87(122)72(46-27-29-49-104-97(133)137-58-65-36-23-25-44-70(65)101)107-88(123)76(54-81(118)139-67-38-17-10-18-39-67)110-86(121)73(47-28-30-50-105-98(134)138-59-66-37-24-26-45-71(66)102)108-89(124)78(56-83(120)141-69-42-21-12-22-43-69)112-94(129)85(62(4)136-57-64-34-15-9-16-35-64)115-91(126)74(52-63-32-13-8-14-33-63)113-99(135)142-100(5,6)7/h8-9,13-16,23-26,32-37,44-45,60-62,67-69,72-79,84-85H,10-12,17-22,27-31,38-43,46-59H2,1-7H3,(H2,103,117)(H,104,133)(H,105,134)(H,106,128)(H,107,123)(H,108,124)(H,109,125)(H,110,121)(H,111,122)(H,112,129)(H,113,135)(H,114,127)(H,115,126)(H,131,132)/t61-,62+,72-,73-,74-,75-,76-,77-,78-,79-,84-,85-/m0/s1. The van der Waals surface area contributed by atoms with Crippen molar-refractivity contribution < 1.29 is 125 Å². The number of nitrogens with two attached hydrogens (primary N) is 1. The lowest BCUT2D eigenvalue weighted by molar-refractivity contribution is -0.153. The van der Waals surface area contributed by atoms with E-state index in [9.17, 15) is 62.6 Å². The van der Waals surface area contributed by atoms with E-state index in [-0.39, 0.29) is 78.0 Å². The van der Waals surface area contributed by atoms with Gasteiger partial charge < -0.3 is 113 Å². The van der Waals surface area contributed by atoms with E-state index in [0.29, 0.717) is 116 Å². The first-order valence-corrected chi connectivity index (χ1v) is 49.6. The van der Waals surface area contributed by atoms with Crippen molar-refractivity contribution >= 4 is 130 Å². The Kier molecular flexibility index (Phi) is 47.8. The number of hydrogen-bond acceptors (Lipinski definition) is 25. The monoisotopic (exact) mass is 2020 g/mol. The molecule has 778 valence electrons. The van der Waals surface area contributed by atoms with E-state index in [2.05, 4.69) is 63.8 Å². The minimum atomic E-state index is -2.09. The van der Waals surface area contributed by atoms with Crippen LogP contribution in [0.5, 0.6) is 0 Å². The van der Waals surface area contributed by atoms with Gasteiger partial charge in [-0.15, -0.1) is 0 Å². The van der Waals surface area contributed by atoms with Crippen molar-refractivity contribution in [1.29, 1.82) is 0 Å². The van der Waals surface area contributed by atoms with Crippen LogP contribution >= 0.6 is 23.2 Å². The van der Waals surface area contributed by atoms with Gasteiger partial charge in [0.2, 0.25) is 65.0 Å². The second kappa shape index (κ2) is 59.3. The number of esters is 3. The Morgan fingerprint density at radius 3 is 1.19 bits per heavy atom. The van der Waals surface area contributed by atoms with Crippen LogP contribution < -0.4 is 69.5 Å². The van der Waals surface area contributed by atoms with Gasteiger partial charge in [0.05, 0.1) is 38.4 Å². The summed E-state index contributed by atoms with van der Waals surface area (Å²) in [5.41, 5.74) is 6.88. The van der Waals surface area contributed by atoms with Crippen LogP contribution in [0.1, 0.15) is 244 Å². The first-order chi connectivity index (χ1) is 67.8. The summed E-state index contributed by atoms with van der Waals surface area (Å²) in [7, 11) is 0. The topological polar surface area (TPSA) is 566 Å². The number of alkyl carbamates (subject to hydrolysis) is 3. The number of hydrogen-bond donors (Lipinski definition) is 14. The zero-order chi connectivity index (χ0) is 103. The lowest BCUT2D eigenvalue weighted by atomic mass is 9.98. The predicted octanol–water partition coefficient (Wildman–Crippen LogP) is 8.02. The Hall–Kier alpha value is -12.7. The maximum atomic E-state index is 15.8. The fraction of sp³-hybridized carbons (Fsp3) is 0.580. The molecule has 0 bridgehead atoms. The van der Waals surface area contributed by atoms with Crippen LogP contribution in [0.3, 0.4) is 0 Å². The second-order valence-electron chi connectivity index (χ2n) is 37.4. The van der Waals surface area contributed by atoms with Gasteiger partial charge in [-0.1, -0.05) is 153 Å². The van der Waals surface area contributed by atoms with Gasteiger partial charge in [0.1, 0.15) is 104 Å². The van der Waals surface area contributed by atoms with Crippen molar-refractivity contribution in [3.63, 3.8) is 0 Å². The molecule has 4 aromatic carbocycles. The Balaban J connectivity index is 1.15. The number of halogens is 2. The quantitative estimate of drug-likeness (QED) is 0.0113. The zero-order valence-electron chi connectivity index (χ0n) is 81.6. The SMILES string of the molecule is CC(C)[C@H](NC(=O)[C@H](CC(N)=O)NC(=O)[C@H](CC(=O)OC1CCCCC1)NC(=O)[C@H](CCCCNC(=O)OCc1ccccc1Cl)NC(=O)[C@H](CC(=O)OC1CCCCC1)NC(=O)[C@H](CCCCNC(=O)OCc1ccccc1Cl)NC(=O)[C@H](CC(=O)OC1CCCCC1)NC(=O)[C@@H](NC(=O)[C@H](Cc1ccccc1)NC(=O)OC(C)(C)C)[C@@H](C)OCc1ccccc1)C(=O)N[C@@H](C)C(=O)N1CCC[C@H]1C(=O)O. The summed E-state index contributed by atoms with van der Waals surface area (Å²) in [6.45, 7) is 9.96. The first kappa shape index (κ1) is 115. The van der Waals surface area contributed by atoms with Crippen molar-refractivity contribution in [2.75, 3.05) is 19.6 Å². The molecular weight excluding hydrogens is 1880 g/mol. The highest BCUT2D eigenvalue weighted by Crippen LogP contribution is 2.27. The number of nitrogens with one attached hydrogen (secondary N) is 12. The number of carbonyl (C=O) groups is 18. The molecule has 8 rings (SSSR count). The summed E-state index contributed by atoms with van der Waals surface area (Å²) >= 11 is 12.7. The van der Waals surface area contributed by atoms with E-state index in [0.717, 1.165) is 24.2 Å². The number of amides is 14. The van der Waals surface area contributed by atoms with Gasteiger partial charge in [0, 0.05) is 47.2 Å². The molecule has 40 nitrogen and oxygen atoms in total. The number of carboxylic acids is 1. The number of likely N-dealkylation sites (tertiary alicyclic amines) is 1. The minimum absolute atomic E-state index is 0.0177. The third kappa shape index (κ3) is 40.7. The van der Waals surface area contributed by atoms with Crippen LogP contribution in [-0.2, 0) is 131 Å². The van der Waals surface area contributed by atoms with Crippen LogP contribution in [0.25, 0.3) is 0 Å². The highest BCUT2D eigenvalue weighted by atomic mass is 35.5. The molecule has 1 saturated heterocycles. The van der Waals surface area contributed by atoms with Crippen LogP contribution in [0.15, 0.2) is 109 Å². The van der Waals surface area contributed by atoms with E-state index in [4.69, 9.17) is 62.1 Å². The van der Waals surface area contributed by atoms with E-state index < -0.39 is 248 Å². The Labute approximate surface area is 836 Å². The van der Waals surface area contributed by atoms with Crippen molar-refractivity contribution in [1.82, 2.24) is 68.7 Å². The molecule has 142 heavy (non-hydrogen) atoms. The van der Waals surface area contributed by atoms with Gasteiger partial charge in [-0.25, -0.2) is 19.2 Å². The largest absolute Gasteiger partial charge is 0.480 e. The van der Waals surface area contributed by atoms with Crippen LogP contribution in [0.2, 0.25) is 10.0 Å². The summed E-state index contributed by atoms with van der Waals surface area (Å²) in [5, 5.41) is 41.3.